The van der Waals surface area contributed by atoms with E-state index in [1.807, 2.05) is 19.1 Å². The maximum Gasteiger partial charge on any atom is 0.286 e. The van der Waals surface area contributed by atoms with Crippen LogP contribution in [-0.4, -0.2) is 41.9 Å². The van der Waals surface area contributed by atoms with Gasteiger partial charge >= 0.3 is 0 Å². The van der Waals surface area contributed by atoms with E-state index in [2.05, 4.69) is 15.5 Å². The first kappa shape index (κ1) is 22.5. The van der Waals surface area contributed by atoms with E-state index < -0.39 is 21.7 Å². The molecule has 1 aliphatic heterocycles. The summed E-state index contributed by atoms with van der Waals surface area (Å²) in [6.45, 7) is 4.39. The molecular formula is C22H23FN4O3S2. The number of sulfonamides is 1. The molecule has 3 aromatic rings. The Labute approximate surface area is 190 Å². The molecule has 2 aromatic carbocycles. The minimum Gasteiger partial charge on any atom is -0.320 e. The van der Waals surface area contributed by atoms with Crippen LogP contribution in [0.3, 0.4) is 0 Å². The highest BCUT2D eigenvalue weighted by atomic mass is 32.2. The Balaban J connectivity index is 1.50. The van der Waals surface area contributed by atoms with E-state index in [-0.39, 0.29) is 17.5 Å². The maximum absolute atomic E-state index is 13.3. The summed E-state index contributed by atoms with van der Waals surface area (Å²) in [7, 11) is -3.64. The van der Waals surface area contributed by atoms with Crippen LogP contribution >= 0.6 is 11.3 Å². The van der Waals surface area contributed by atoms with Gasteiger partial charge in [-0.05, 0) is 62.1 Å². The first-order valence-electron chi connectivity index (χ1n) is 10.2. The topological polar surface area (TPSA) is 92.3 Å². The lowest BCUT2D eigenvalue weighted by molar-refractivity contribution is 0.102. The molecule has 4 rings (SSSR count). The van der Waals surface area contributed by atoms with Gasteiger partial charge in [-0.25, -0.2) is 12.8 Å². The van der Waals surface area contributed by atoms with Crippen molar-refractivity contribution in [3.05, 3.63) is 69.4 Å². The zero-order valence-electron chi connectivity index (χ0n) is 17.7. The van der Waals surface area contributed by atoms with Gasteiger partial charge in [0.05, 0.1) is 4.90 Å². The maximum atomic E-state index is 13.3. The predicted octanol–water partition coefficient (Wildman–Crippen LogP) is 4.11. The van der Waals surface area contributed by atoms with Crippen LogP contribution in [-0.2, 0) is 10.0 Å². The van der Waals surface area contributed by atoms with Gasteiger partial charge in [-0.15, -0.1) is 10.2 Å². The van der Waals surface area contributed by atoms with Crippen LogP contribution in [0.1, 0.15) is 44.7 Å². The molecule has 0 spiro atoms. The van der Waals surface area contributed by atoms with Crippen LogP contribution in [0.4, 0.5) is 10.1 Å². The lowest BCUT2D eigenvalue weighted by atomic mass is 10.0. The minimum absolute atomic E-state index is 0.142. The quantitative estimate of drug-likeness (QED) is 0.601. The van der Waals surface area contributed by atoms with Crippen LogP contribution in [0.25, 0.3) is 0 Å². The Morgan fingerprint density at radius 2 is 2.00 bits per heavy atom. The van der Waals surface area contributed by atoms with Crippen molar-refractivity contribution in [2.24, 2.45) is 0 Å². The van der Waals surface area contributed by atoms with E-state index in [0.717, 1.165) is 23.3 Å². The number of piperidine rings is 1. The number of carbonyl (C=O) groups is 1. The molecule has 32 heavy (non-hydrogen) atoms. The van der Waals surface area contributed by atoms with Crippen LogP contribution in [0.5, 0.6) is 0 Å². The summed E-state index contributed by atoms with van der Waals surface area (Å²) in [5.41, 5.74) is 1.93. The number of amides is 1. The number of benzene rings is 2. The third-order valence-corrected chi connectivity index (χ3v) is 8.50. The molecule has 1 N–H and O–H groups in total. The Bertz CT molecular complexity index is 1260. The smallest absolute Gasteiger partial charge is 0.286 e. The van der Waals surface area contributed by atoms with Gasteiger partial charge in [-0.3, -0.25) is 4.79 Å². The molecule has 1 aromatic heterocycles. The van der Waals surface area contributed by atoms with Crippen LogP contribution in [0.2, 0.25) is 0 Å². The van der Waals surface area contributed by atoms with Gasteiger partial charge in [0, 0.05) is 24.7 Å². The highest BCUT2D eigenvalue weighted by molar-refractivity contribution is 7.89. The lowest BCUT2D eigenvalue weighted by Gasteiger charge is -2.31. The third kappa shape index (κ3) is 4.72. The van der Waals surface area contributed by atoms with Gasteiger partial charge < -0.3 is 5.32 Å². The predicted molar refractivity (Wildman–Crippen MR) is 121 cm³/mol. The van der Waals surface area contributed by atoms with Crippen LogP contribution in [0, 0.1) is 19.7 Å². The number of nitrogens with one attached hydrogen (secondary N) is 1. The van der Waals surface area contributed by atoms with Crippen molar-refractivity contribution in [1.82, 2.24) is 14.5 Å². The Hall–Kier alpha value is -2.69. The standard InChI is InChI=1S/C22H23FN4O3S2/c1-14-8-9-15(2)19(11-14)32(29,30)27-10-4-5-16(13-27)21-25-26-22(31-21)20(28)24-18-7-3-6-17(23)12-18/h3,6-9,11-12,16H,4-5,10,13H2,1-2H3,(H,24,28). The molecule has 10 heteroatoms. The van der Waals surface area contributed by atoms with Crippen molar-refractivity contribution in [2.45, 2.75) is 37.5 Å². The molecule has 1 unspecified atom stereocenters. The van der Waals surface area contributed by atoms with Gasteiger partial charge in [-0.1, -0.05) is 29.5 Å². The average Bonchev–Trinajstić information content (AvgIpc) is 3.26. The highest BCUT2D eigenvalue weighted by Crippen LogP contribution is 2.33. The number of nitrogens with zero attached hydrogens (tertiary/aromatic N) is 3. The zero-order chi connectivity index (χ0) is 22.9. The number of aromatic nitrogens is 2. The molecule has 1 saturated heterocycles. The number of aryl methyl sites for hydroxylation is 2. The van der Waals surface area contributed by atoms with Crippen molar-refractivity contribution < 1.29 is 17.6 Å². The van der Waals surface area contributed by atoms with E-state index in [1.54, 1.807) is 19.1 Å². The zero-order valence-corrected chi connectivity index (χ0v) is 19.3. The van der Waals surface area contributed by atoms with Gasteiger partial charge in [-0.2, -0.15) is 4.31 Å². The molecule has 168 valence electrons. The van der Waals surface area contributed by atoms with Gasteiger partial charge in [0.1, 0.15) is 10.8 Å². The van der Waals surface area contributed by atoms with Crippen molar-refractivity contribution >= 4 is 33.0 Å². The number of halogens is 1. The highest BCUT2D eigenvalue weighted by Gasteiger charge is 2.33. The summed E-state index contributed by atoms with van der Waals surface area (Å²) in [5.74, 6) is -1.07. The molecule has 0 bridgehead atoms. The Morgan fingerprint density at radius 1 is 1.19 bits per heavy atom. The summed E-state index contributed by atoms with van der Waals surface area (Å²) in [4.78, 5) is 12.8. The van der Waals surface area contributed by atoms with Crippen molar-refractivity contribution in [1.29, 1.82) is 0 Å². The SMILES string of the molecule is Cc1ccc(C)c(S(=O)(=O)N2CCCC(c3nnc(C(=O)Nc4cccc(F)c4)s3)C2)c1. The van der Waals surface area contributed by atoms with E-state index >= 15 is 0 Å². The summed E-state index contributed by atoms with van der Waals surface area (Å²) in [5, 5.41) is 11.5. The lowest BCUT2D eigenvalue weighted by Crippen LogP contribution is -2.39. The van der Waals surface area contributed by atoms with Crippen molar-refractivity contribution in [3.8, 4) is 0 Å². The van der Waals surface area contributed by atoms with Crippen molar-refractivity contribution in [2.75, 3.05) is 18.4 Å². The first-order chi connectivity index (χ1) is 15.2. The number of anilines is 1. The number of hydrogen-bond acceptors (Lipinski definition) is 6. The number of rotatable bonds is 5. The Morgan fingerprint density at radius 3 is 2.78 bits per heavy atom. The van der Waals surface area contributed by atoms with Gasteiger partial charge in [0.15, 0.2) is 0 Å². The molecule has 1 amide bonds. The van der Waals surface area contributed by atoms with Gasteiger partial charge in [0.2, 0.25) is 15.0 Å². The number of hydrogen-bond donors (Lipinski definition) is 1. The first-order valence-corrected chi connectivity index (χ1v) is 12.5. The molecule has 1 atom stereocenters. The average molecular weight is 475 g/mol. The van der Waals surface area contributed by atoms with E-state index in [1.165, 1.54) is 22.5 Å². The summed E-state index contributed by atoms with van der Waals surface area (Å²) in [6.07, 6.45) is 1.46. The third-order valence-electron chi connectivity index (χ3n) is 5.41. The van der Waals surface area contributed by atoms with Gasteiger partial charge in [0.25, 0.3) is 5.91 Å². The molecule has 0 radical (unpaired) electrons. The normalized spacial score (nSPS) is 17.3. The van der Waals surface area contributed by atoms with E-state index in [0.29, 0.717) is 34.1 Å². The summed E-state index contributed by atoms with van der Waals surface area (Å²) >= 11 is 1.14. The van der Waals surface area contributed by atoms with Crippen molar-refractivity contribution in [3.63, 3.8) is 0 Å². The molecule has 7 nitrogen and oxygen atoms in total. The van der Waals surface area contributed by atoms with Crippen LogP contribution < -0.4 is 5.32 Å². The van der Waals surface area contributed by atoms with E-state index in [4.69, 9.17) is 0 Å². The fourth-order valence-corrected chi connectivity index (χ4v) is 6.43. The second-order valence-corrected chi connectivity index (χ2v) is 10.8. The molecule has 0 saturated carbocycles. The monoisotopic (exact) mass is 474 g/mol. The molecular weight excluding hydrogens is 451 g/mol. The Kier molecular flexibility index (Phi) is 6.36. The molecule has 1 aliphatic rings. The molecule has 2 heterocycles. The molecule has 1 fully saturated rings. The minimum atomic E-state index is -3.64. The molecule has 0 aliphatic carbocycles. The summed E-state index contributed by atoms with van der Waals surface area (Å²) < 4.78 is 41.4. The largest absolute Gasteiger partial charge is 0.320 e. The second-order valence-electron chi connectivity index (χ2n) is 7.88. The van der Waals surface area contributed by atoms with Crippen LogP contribution in [0.15, 0.2) is 47.4 Å². The fourth-order valence-electron chi connectivity index (χ4n) is 3.73. The fraction of sp³-hybridized carbons (Fsp3) is 0.318. The second kappa shape index (κ2) is 9.05. The van der Waals surface area contributed by atoms with E-state index in [9.17, 15) is 17.6 Å². The number of carbonyl (C=O) groups excluding carboxylic acids is 1. The summed E-state index contributed by atoms with van der Waals surface area (Å²) in [6, 6.07) is 11.0.